The zero-order chi connectivity index (χ0) is 21.9. The fraction of sp³-hybridized carbons (Fsp3) is 0.381. The van der Waals surface area contributed by atoms with Gasteiger partial charge in [0.1, 0.15) is 17.4 Å². The number of alkyl halides is 5. The van der Waals surface area contributed by atoms with Gasteiger partial charge in [0.15, 0.2) is 6.61 Å². The molecule has 9 heteroatoms. The summed E-state index contributed by atoms with van der Waals surface area (Å²) >= 11 is 0. The van der Waals surface area contributed by atoms with Crippen molar-refractivity contribution in [3.8, 4) is 5.75 Å². The number of Topliss-reactive ketones (excluding diaryl/α,β-unsaturated/α-hetero) is 1. The molecular weight excluding hydrogens is 417 g/mol. The average molecular weight is 432 g/mol. The van der Waals surface area contributed by atoms with Crippen LogP contribution in [0.5, 0.6) is 5.75 Å². The first-order chi connectivity index (χ1) is 13.9. The van der Waals surface area contributed by atoms with Gasteiger partial charge in [-0.05, 0) is 54.5 Å². The van der Waals surface area contributed by atoms with Gasteiger partial charge in [-0.2, -0.15) is 22.0 Å². The number of hydrogen-bond acceptors (Lipinski definition) is 2. The lowest BCUT2D eigenvalue weighted by molar-refractivity contribution is -0.256. The Kier molecular flexibility index (Phi) is 4.45. The number of ketones is 1. The van der Waals surface area contributed by atoms with E-state index < -0.39 is 52.5 Å². The Morgan fingerprint density at radius 1 is 0.933 bits per heavy atom. The molecule has 3 aliphatic rings. The van der Waals surface area contributed by atoms with Crippen molar-refractivity contribution >= 4 is 5.78 Å². The van der Waals surface area contributed by atoms with Crippen LogP contribution in [0.25, 0.3) is 0 Å². The summed E-state index contributed by atoms with van der Waals surface area (Å²) in [4.78, 5) is 12.3. The second-order valence-electron chi connectivity index (χ2n) is 8.05. The van der Waals surface area contributed by atoms with Gasteiger partial charge < -0.3 is 4.74 Å². The highest BCUT2D eigenvalue weighted by atomic mass is 19.4. The van der Waals surface area contributed by atoms with Crippen molar-refractivity contribution in [1.82, 2.24) is 0 Å². The summed E-state index contributed by atoms with van der Waals surface area (Å²) in [6.07, 6.45) is -4.50. The van der Waals surface area contributed by atoms with Crippen LogP contribution in [-0.2, 0) is 5.41 Å². The third kappa shape index (κ3) is 3.15. The maximum Gasteiger partial charge on any atom is 0.422 e. The van der Waals surface area contributed by atoms with Gasteiger partial charge in [0.2, 0.25) is 5.78 Å². The van der Waals surface area contributed by atoms with Gasteiger partial charge in [-0.1, -0.05) is 12.1 Å². The van der Waals surface area contributed by atoms with Gasteiger partial charge >= 0.3 is 12.1 Å². The van der Waals surface area contributed by atoms with E-state index in [-0.39, 0.29) is 25.0 Å². The molecule has 0 N–H and O–H groups in total. The highest BCUT2D eigenvalue weighted by molar-refractivity contribution is 6.02. The van der Waals surface area contributed by atoms with Crippen molar-refractivity contribution in [3.05, 3.63) is 65.2 Å². The first-order valence-electron chi connectivity index (χ1n) is 9.05. The monoisotopic (exact) mass is 432 g/mol. The van der Waals surface area contributed by atoms with Crippen molar-refractivity contribution in [2.75, 3.05) is 6.61 Å². The van der Waals surface area contributed by atoms with E-state index in [1.807, 2.05) is 0 Å². The van der Waals surface area contributed by atoms with E-state index in [1.165, 1.54) is 24.3 Å². The van der Waals surface area contributed by atoms with Crippen LogP contribution in [0.1, 0.15) is 35.2 Å². The number of rotatable bonds is 6. The maximum atomic E-state index is 14.9. The predicted octanol–water partition coefficient (Wildman–Crippen LogP) is 5.85. The van der Waals surface area contributed by atoms with Gasteiger partial charge in [0.05, 0.1) is 5.56 Å². The van der Waals surface area contributed by atoms with Crippen LogP contribution in [0.2, 0.25) is 0 Å². The molecule has 2 nitrogen and oxygen atoms in total. The molecule has 5 rings (SSSR count). The molecule has 0 saturated heterocycles. The Bertz CT molecular complexity index is 976. The SMILES string of the molecule is O=C(c1ccc(F)cc1F)C(F)(F)C12CC(c3ccc(OCC(F)(F)F)cc3)(C1)C2. The Hall–Kier alpha value is -2.58. The van der Waals surface area contributed by atoms with E-state index >= 15 is 0 Å². The molecule has 0 radical (unpaired) electrons. The Labute approximate surface area is 166 Å². The van der Waals surface area contributed by atoms with E-state index in [0.717, 1.165) is 6.07 Å². The lowest BCUT2D eigenvalue weighted by atomic mass is 9.31. The van der Waals surface area contributed by atoms with Crippen molar-refractivity contribution in [1.29, 1.82) is 0 Å². The number of ether oxygens (including phenoxy) is 1. The fourth-order valence-electron chi connectivity index (χ4n) is 4.58. The number of benzene rings is 2. The van der Waals surface area contributed by atoms with Crippen LogP contribution in [0, 0.1) is 17.0 Å². The fourth-order valence-corrected chi connectivity index (χ4v) is 4.58. The zero-order valence-corrected chi connectivity index (χ0v) is 15.3. The van der Waals surface area contributed by atoms with Crippen LogP contribution in [0.15, 0.2) is 42.5 Å². The summed E-state index contributed by atoms with van der Waals surface area (Å²) in [5.74, 6) is -7.80. The number of hydrogen-bond donors (Lipinski definition) is 0. The van der Waals surface area contributed by atoms with E-state index in [2.05, 4.69) is 4.74 Å². The Balaban J connectivity index is 1.45. The molecule has 0 aliphatic heterocycles. The summed E-state index contributed by atoms with van der Waals surface area (Å²) < 4.78 is 97.8. The molecule has 2 aromatic rings. The van der Waals surface area contributed by atoms with Crippen LogP contribution >= 0.6 is 0 Å². The smallest absolute Gasteiger partial charge is 0.422 e. The van der Waals surface area contributed by atoms with Gasteiger partial charge in [-0.3, -0.25) is 4.79 Å². The van der Waals surface area contributed by atoms with Gasteiger partial charge in [0, 0.05) is 11.5 Å². The second kappa shape index (κ2) is 6.46. The number of carbonyl (C=O) groups excluding carboxylic acids is 1. The van der Waals surface area contributed by atoms with Crippen molar-refractivity contribution < 1.29 is 40.3 Å². The minimum Gasteiger partial charge on any atom is -0.484 e. The molecule has 2 aromatic carbocycles. The zero-order valence-electron chi connectivity index (χ0n) is 15.3. The van der Waals surface area contributed by atoms with Crippen LogP contribution < -0.4 is 4.74 Å². The molecule has 160 valence electrons. The van der Waals surface area contributed by atoms with E-state index in [1.54, 1.807) is 0 Å². The normalized spacial score (nSPS) is 25.3. The standard InChI is InChI=1S/C21H15F7O2/c22-13-3-6-15(16(23)7-13)17(29)21(27,28)19-8-18(9-19,10-19)12-1-4-14(5-2-12)30-11-20(24,25)26/h1-7H,8-11H2. The summed E-state index contributed by atoms with van der Waals surface area (Å²) in [5, 5.41) is 0. The molecule has 3 fully saturated rings. The molecule has 3 aliphatic carbocycles. The van der Waals surface area contributed by atoms with E-state index in [0.29, 0.717) is 17.7 Å². The topological polar surface area (TPSA) is 26.3 Å². The first kappa shape index (κ1) is 20.7. The molecule has 0 amide bonds. The molecule has 0 atom stereocenters. The largest absolute Gasteiger partial charge is 0.484 e. The molecule has 3 saturated carbocycles. The minimum atomic E-state index is -4.47. The van der Waals surface area contributed by atoms with E-state index in [9.17, 15) is 35.5 Å². The molecule has 30 heavy (non-hydrogen) atoms. The van der Waals surface area contributed by atoms with Crippen LogP contribution in [0.3, 0.4) is 0 Å². The molecular formula is C21H15F7O2. The number of halogens is 7. The summed E-state index contributed by atoms with van der Waals surface area (Å²) in [6.45, 7) is -1.44. The number of carbonyl (C=O) groups is 1. The third-order valence-electron chi connectivity index (χ3n) is 6.03. The van der Waals surface area contributed by atoms with Gasteiger partial charge in [0.25, 0.3) is 0 Å². The van der Waals surface area contributed by atoms with Crippen molar-refractivity contribution in [2.45, 2.75) is 36.8 Å². The minimum absolute atomic E-state index is 0.00433. The maximum absolute atomic E-state index is 14.9. The molecule has 0 unspecified atom stereocenters. The highest BCUT2D eigenvalue weighted by Crippen LogP contribution is 2.78. The van der Waals surface area contributed by atoms with Crippen molar-refractivity contribution in [2.24, 2.45) is 5.41 Å². The predicted molar refractivity (Wildman–Crippen MR) is 91.6 cm³/mol. The van der Waals surface area contributed by atoms with Crippen LogP contribution in [-0.4, -0.2) is 24.5 Å². The lowest BCUT2D eigenvalue weighted by Crippen LogP contribution is -2.73. The molecule has 0 spiro atoms. The first-order valence-corrected chi connectivity index (χ1v) is 9.05. The molecule has 0 aromatic heterocycles. The van der Waals surface area contributed by atoms with E-state index in [4.69, 9.17) is 0 Å². The summed E-state index contributed by atoms with van der Waals surface area (Å²) in [7, 11) is 0. The highest BCUT2D eigenvalue weighted by Gasteiger charge is 2.79. The van der Waals surface area contributed by atoms with Gasteiger partial charge in [-0.15, -0.1) is 0 Å². The Morgan fingerprint density at radius 3 is 2.07 bits per heavy atom. The summed E-state index contributed by atoms with van der Waals surface area (Å²) in [5.41, 5.74) is -2.38. The lowest BCUT2D eigenvalue weighted by Gasteiger charge is -2.72. The third-order valence-corrected chi connectivity index (χ3v) is 6.03. The molecule has 2 bridgehead atoms. The van der Waals surface area contributed by atoms with Gasteiger partial charge in [-0.25, -0.2) is 8.78 Å². The second-order valence-corrected chi connectivity index (χ2v) is 8.05. The Morgan fingerprint density at radius 2 is 1.53 bits per heavy atom. The average Bonchev–Trinajstić information content (AvgIpc) is 2.57. The summed E-state index contributed by atoms with van der Waals surface area (Å²) in [6, 6.07) is 7.56. The molecule has 0 heterocycles. The van der Waals surface area contributed by atoms with Crippen LogP contribution in [0.4, 0.5) is 30.7 Å². The van der Waals surface area contributed by atoms with Crippen molar-refractivity contribution in [3.63, 3.8) is 0 Å². The quantitative estimate of drug-likeness (QED) is 0.423.